The highest BCUT2D eigenvalue weighted by molar-refractivity contribution is 9.10. The van der Waals surface area contributed by atoms with Crippen molar-refractivity contribution < 1.29 is 8.78 Å². The van der Waals surface area contributed by atoms with Crippen LogP contribution in [0.4, 0.5) is 8.78 Å². The SMILES string of the molecule is CCNC(CCC1CCCC1)c1cc(F)c(Br)cc1F. The largest absolute Gasteiger partial charge is 0.310 e. The minimum absolute atomic E-state index is 0.0943. The summed E-state index contributed by atoms with van der Waals surface area (Å²) in [5.74, 6) is 0.0281. The third kappa shape index (κ3) is 4.01. The van der Waals surface area contributed by atoms with Crippen LogP contribution in [-0.2, 0) is 0 Å². The number of hydrogen-bond acceptors (Lipinski definition) is 1. The van der Waals surface area contributed by atoms with E-state index in [2.05, 4.69) is 21.2 Å². The second-order valence-electron chi connectivity index (χ2n) is 5.63. The van der Waals surface area contributed by atoms with Crippen LogP contribution in [0.25, 0.3) is 0 Å². The van der Waals surface area contributed by atoms with Crippen LogP contribution < -0.4 is 5.32 Å². The summed E-state index contributed by atoms with van der Waals surface area (Å²) in [7, 11) is 0. The molecule has 0 saturated heterocycles. The van der Waals surface area contributed by atoms with Crippen LogP contribution in [-0.4, -0.2) is 6.54 Å². The first kappa shape index (κ1) is 15.9. The average Bonchev–Trinajstić information content (AvgIpc) is 2.92. The summed E-state index contributed by atoms with van der Waals surface area (Å²) in [5.41, 5.74) is 0.450. The van der Waals surface area contributed by atoms with Crippen LogP contribution in [0.3, 0.4) is 0 Å². The lowest BCUT2D eigenvalue weighted by atomic mass is 9.94. The maximum absolute atomic E-state index is 14.1. The van der Waals surface area contributed by atoms with Crippen molar-refractivity contribution in [1.82, 2.24) is 5.32 Å². The van der Waals surface area contributed by atoms with Crippen molar-refractivity contribution in [2.45, 2.75) is 51.5 Å². The van der Waals surface area contributed by atoms with Gasteiger partial charge >= 0.3 is 0 Å². The standard InChI is InChI=1S/C16H22BrF2N/c1-2-20-16(8-7-11-5-3-4-6-11)12-9-15(19)13(17)10-14(12)18/h9-11,16,20H,2-8H2,1H3. The lowest BCUT2D eigenvalue weighted by Crippen LogP contribution is -2.22. The summed E-state index contributed by atoms with van der Waals surface area (Å²) in [5, 5.41) is 3.29. The predicted molar refractivity (Wildman–Crippen MR) is 81.7 cm³/mol. The first-order chi connectivity index (χ1) is 9.61. The van der Waals surface area contributed by atoms with E-state index >= 15 is 0 Å². The fourth-order valence-corrected chi connectivity index (χ4v) is 3.44. The van der Waals surface area contributed by atoms with Crippen molar-refractivity contribution >= 4 is 15.9 Å². The van der Waals surface area contributed by atoms with Gasteiger partial charge in [-0.3, -0.25) is 0 Å². The van der Waals surface area contributed by atoms with Crippen LogP contribution in [0.15, 0.2) is 16.6 Å². The minimum atomic E-state index is -0.398. The van der Waals surface area contributed by atoms with Crippen molar-refractivity contribution in [2.24, 2.45) is 5.92 Å². The highest BCUT2D eigenvalue weighted by atomic mass is 79.9. The van der Waals surface area contributed by atoms with Crippen molar-refractivity contribution in [3.63, 3.8) is 0 Å². The van der Waals surface area contributed by atoms with Crippen LogP contribution >= 0.6 is 15.9 Å². The number of hydrogen-bond donors (Lipinski definition) is 1. The molecule has 1 aliphatic rings. The summed E-state index contributed by atoms with van der Waals surface area (Å²) in [6.45, 7) is 2.75. The van der Waals surface area contributed by atoms with E-state index in [1.807, 2.05) is 6.92 Å². The molecule has 4 heteroatoms. The van der Waals surface area contributed by atoms with Crippen LogP contribution in [0.1, 0.15) is 57.1 Å². The van der Waals surface area contributed by atoms with Gasteiger partial charge in [0.15, 0.2) is 0 Å². The Labute approximate surface area is 128 Å². The Morgan fingerprint density at radius 3 is 2.60 bits per heavy atom. The molecular weight excluding hydrogens is 324 g/mol. The predicted octanol–water partition coefficient (Wildman–Crippen LogP) is 5.35. The maximum Gasteiger partial charge on any atom is 0.137 e. The molecule has 2 rings (SSSR count). The molecule has 0 heterocycles. The van der Waals surface area contributed by atoms with Gasteiger partial charge in [0.1, 0.15) is 11.6 Å². The van der Waals surface area contributed by atoms with E-state index in [-0.39, 0.29) is 16.3 Å². The van der Waals surface area contributed by atoms with Crippen molar-refractivity contribution in [3.8, 4) is 0 Å². The quantitative estimate of drug-likeness (QED) is 0.685. The summed E-state index contributed by atoms with van der Waals surface area (Å²) in [6, 6.07) is 2.45. The highest BCUT2D eigenvalue weighted by Gasteiger charge is 2.21. The first-order valence-corrected chi connectivity index (χ1v) is 8.29. The number of halogens is 3. The molecule has 1 unspecified atom stereocenters. The zero-order valence-corrected chi connectivity index (χ0v) is 13.5. The Hall–Kier alpha value is -0.480. The van der Waals surface area contributed by atoms with E-state index in [1.165, 1.54) is 37.8 Å². The summed E-state index contributed by atoms with van der Waals surface area (Å²) in [6.07, 6.45) is 7.17. The molecule has 1 nitrogen and oxygen atoms in total. The molecule has 1 aliphatic carbocycles. The minimum Gasteiger partial charge on any atom is -0.310 e. The lowest BCUT2D eigenvalue weighted by molar-refractivity contribution is 0.406. The molecule has 0 aromatic heterocycles. The van der Waals surface area contributed by atoms with E-state index in [0.717, 1.165) is 25.3 Å². The Balaban J connectivity index is 2.08. The fraction of sp³-hybridized carbons (Fsp3) is 0.625. The molecule has 1 fully saturated rings. The van der Waals surface area contributed by atoms with Crippen molar-refractivity contribution in [2.75, 3.05) is 6.54 Å². The summed E-state index contributed by atoms with van der Waals surface area (Å²) >= 11 is 3.03. The number of nitrogens with one attached hydrogen (secondary N) is 1. The third-order valence-electron chi connectivity index (χ3n) is 4.20. The van der Waals surface area contributed by atoms with Crippen molar-refractivity contribution in [3.05, 3.63) is 33.8 Å². The zero-order valence-electron chi connectivity index (χ0n) is 11.9. The van der Waals surface area contributed by atoms with Gasteiger partial charge in [0, 0.05) is 11.6 Å². The molecule has 1 N–H and O–H groups in total. The Kier molecular flexibility index (Phi) is 5.97. The van der Waals surface area contributed by atoms with Crippen molar-refractivity contribution in [1.29, 1.82) is 0 Å². The van der Waals surface area contributed by atoms with Crippen LogP contribution in [0, 0.1) is 17.6 Å². The lowest BCUT2D eigenvalue weighted by Gasteiger charge is -2.21. The molecule has 0 bridgehead atoms. The normalized spacial score (nSPS) is 17.6. The van der Waals surface area contributed by atoms with E-state index in [0.29, 0.717) is 5.56 Å². The van der Waals surface area contributed by atoms with E-state index < -0.39 is 5.82 Å². The monoisotopic (exact) mass is 345 g/mol. The molecule has 1 saturated carbocycles. The number of benzene rings is 1. The smallest absolute Gasteiger partial charge is 0.137 e. The molecule has 0 spiro atoms. The molecule has 0 amide bonds. The first-order valence-electron chi connectivity index (χ1n) is 7.49. The van der Waals surface area contributed by atoms with Gasteiger partial charge in [-0.2, -0.15) is 0 Å². The summed E-state index contributed by atoms with van der Waals surface area (Å²) in [4.78, 5) is 0. The molecule has 0 aliphatic heterocycles. The van der Waals surface area contributed by atoms with Gasteiger partial charge in [-0.25, -0.2) is 8.78 Å². The molecule has 1 aromatic carbocycles. The molecule has 1 aromatic rings. The maximum atomic E-state index is 14.1. The third-order valence-corrected chi connectivity index (χ3v) is 4.81. The molecule has 0 radical (unpaired) electrons. The van der Waals surface area contributed by atoms with Gasteiger partial charge in [0.05, 0.1) is 4.47 Å². The van der Waals surface area contributed by atoms with E-state index in [9.17, 15) is 8.78 Å². The number of rotatable bonds is 6. The highest BCUT2D eigenvalue weighted by Crippen LogP contribution is 2.33. The second kappa shape index (κ2) is 7.51. The van der Waals surface area contributed by atoms with Gasteiger partial charge < -0.3 is 5.32 Å². The fourth-order valence-electron chi connectivity index (χ4n) is 3.12. The molecule has 112 valence electrons. The summed E-state index contributed by atoms with van der Waals surface area (Å²) < 4.78 is 27.9. The van der Waals surface area contributed by atoms with Gasteiger partial charge in [-0.15, -0.1) is 0 Å². The van der Waals surface area contributed by atoms with E-state index in [1.54, 1.807) is 0 Å². The second-order valence-corrected chi connectivity index (χ2v) is 6.48. The topological polar surface area (TPSA) is 12.0 Å². The average molecular weight is 346 g/mol. The van der Waals surface area contributed by atoms with Gasteiger partial charge in [-0.1, -0.05) is 32.6 Å². The van der Waals surface area contributed by atoms with Crippen LogP contribution in [0.2, 0.25) is 0 Å². The molecule has 20 heavy (non-hydrogen) atoms. The Morgan fingerprint density at radius 1 is 1.25 bits per heavy atom. The zero-order chi connectivity index (χ0) is 14.5. The molecule has 1 atom stereocenters. The van der Waals surface area contributed by atoms with Gasteiger partial charge in [0.2, 0.25) is 0 Å². The molecular formula is C16H22BrF2N. The Bertz CT molecular complexity index is 444. The van der Waals surface area contributed by atoms with Gasteiger partial charge in [0.25, 0.3) is 0 Å². The van der Waals surface area contributed by atoms with Gasteiger partial charge in [-0.05, 0) is 53.4 Å². The van der Waals surface area contributed by atoms with Crippen LogP contribution in [0.5, 0.6) is 0 Å². The Morgan fingerprint density at radius 2 is 1.95 bits per heavy atom. The van der Waals surface area contributed by atoms with E-state index in [4.69, 9.17) is 0 Å².